The first-order valence-corrected chi connectivity index (χ1v) is 10.1. The Balaban J connectivity index is 1.45. The zero-order chi connectivity index (χ0) is 20.5. The molecule has 4 rings (SSSR count). The van der Waals surface area contributed by atoms with Crippen molar-refractivity contribution in [3.8, 4) is 0 Å². The molecule has 1 aliphatic rings. The third-order valence-corrected chi connectivity index (χ3v) is 5.75. The maximum atomic E-state index is 12.5. The summed E-state index contributed by atoms with van der Waals surface area (Å²) < 4.78 is 5.27. The molecule has 0 bridgehead atoms. The number of aromatic amines is 1. The molecule has 0 spiro atoms. The van der Waals surface area contributed by atoms with Gasteiger partial charge in [-0.05, 0) is 73.9 Å². The molecule has 0 saturated heterocycles. The molecule has 5 nitrogen and oxygen atoms in total. The van der Waals surface area contributed by atoms with E-state index in [2.05, 4.69) is 17.2 Å². The lowest BCUT2D eigenvalue weighted by Gasteiger charge is -2.18. The van der Waals surface area contributed by atoms with Gasteiger partial charge in [0.1, 0.15) is 0 Å². The van der Waals surface area contributed by atoms with Crippen LogP contribution in [0.2, 0.25) is 0 Å². The summed E-state index contributed by atoms with van der Waals surface area (Å²) in [5.41, 5.74) is 6.81. The Morgan fingerprint density at radius 2 is 1.93 bits per heavy atom. The van der Waals surface area contributed by atoms with Crippen LogP contribution in [0, 0.1) is 19.8 Å². The first-order valence-electron chi connectivity index (χ1n) is 10.1. The molecule has 1 heterocycles. The number of benzene rings is 2. The molecule has 5 heteroatoms. The van der Waals surface area contributed by atoms with Crippen molar-refractivity contribution in [1.29, 1.82) is 0 Å². The van der Waals surface area contributed by atoms with Crippen molar-refractivity contribution in [2.75, 3.05) is 11.9 Å². The van der Waals surface area contributed by atoms with E-state index in [0.717, 1.165) is 40.6 Å². The number of hydrogen-bond donors (Lipinski definition) is 2. The predicted octanol–water partition coefficient (Wildman–Crippen LogP) is 4.71. The number of esters is 1. The second-order valence-electron chi connectivity index (χ2n) is 8.08. The van der Waals surface area contributed by atoms with Crippen molar-refractivity contribution in [2.45, 2.75) is 40.0 Å². The van der Waals surface area contributed by atoms with Crippen LogP contribution in [0.5, 0.6) is 0 Å². The van der Waals surface area contributed by atoms with Gasteiger partial charge in [-0.2, -0.15) is 0 Å². The summed E-state index contributed by atoms with van der Waals surface area (Å²) in [5.74, 6) is -0.183. The van der Waals surface area contributed by atoms with Crippen LogP contribution in [-0.2, 0) is 22.4 Å². The van der Waals surface area contributed by atoms with Crippen molar-refractivity contribution in [3.05, 3.63) is 64.3 Å². The third-order valence-electron chi connectivity index (χ3n) is 5.75. The molecule has 0 fully saturated rings. The van der Waals surface area contributed by atoms with Crippen molar-refractivity contribution in [1.82, 2.24) is 4.98 Å². The molecule has 1 aliphatic carbocycles. The molecule has 1 amide bonds. The van der Waals surface area contributed by atoms with Gasteiger partial charge in [0.2, 0.25) is 0 Å². The molecule has 0 radical (unpaired) electrons. The molecule has 1 aromatic heterocycles. The first kappa shape index (κ1) is 19.2. The molecule has 2 N–H and O–H groups in total. The van der Waals surface area contributed by atoms with Gasteiger partial charge in [-0.25, -0.2) is 4.79 Å². The molecule has 0 unspecified atom stereocenters. The largest absolute Gasteiger partial charge is 0.452 e. The van der Waals surface area contributed by atoms with Crippen molar-refractivity contribution >= 4 is 28.5 Å². The lowest BCUT2D eigenvalue weighted by atomic mass is 9.87. The predicted molar refractivity (Wildman–Crippen MR) is 114 cm³/mol. The maximum absolute atomic E-state index is 12.5. The number of aryl methyl sites for hydroxylation is 3. The van der Waals surface area contributed by atoms with Gasteiger partial charge in [-0.1, -0.05) is 25.1 Å². The zero-order valence-electron chi connectivity index (χ0n) is 17.1. The fourth-order valence-electron chi connectivity index (χ4n) is 4.12. The highest BCUT2D eigenvalue weighted by atomic mass is 16.5. The fourth-order valence-corrected chi connectivity index (χ4v) is 4.12. The van der Waals surface area contributed by atoms with Crippen molar-refractivity contribution in [3.63, 3.8) is 0 Å². The lowest BCUT2D eigenvalue weighted by molar-refractivity contribution is -0.119. The number of carbonyl (C=O) groups is 2. The monoisotopic (exact) mass is 390 g/mol. The number of anilines is 1. The Hall–Kier alpha value is -3.08. The van der Waals surface area contributed by atoms with Crippen molar-refractivity contribution in [2.24, 2.45) is 5.92 Å². The summed E-state index contributed by atoms with van der Waals surface area (Å²) in [6.07, 6.45) is 3.25. The average molecular weight is 390 g/mol. The van der Waals surface area contributed by atoms with E-state index in [1.807, 2.05) is 44.2 Å². The summed E-state index contributed by atoms with van der Waals surface area (Å²) >= 11 is 0. The fraction of sp³-hybridized carbons (Fsp3) is 0.333. The van der Waals surface area contributed by atoms with Gasteiger partial charge in [-0.15, -0.1) is 0 Å². The number of carbonyl (C=O) groups excluding carboxylic acids is 2. The van der Waals surface area contributed by atoms with E-state index in [4.69, 9.17) is 4.74 Å². The van der Waals surface area contributed by atoms with Crippen LogP contribution in [0.25, 0.3) is 10.9 Å². The van der Waals surface area contributed by atoms with Crippen LogP contribution in [-0.4, -0.2) is 23.5 Å². The average Bonchev–Trinajstić information content (AvgIpc) is 3.06. The van der Waals surface area contributed by atoms with Crippen LogP contribution < -0.4 is 5.32 Å². The molecule has 29 heavy (non-hydrogen) atoms. The number of nitrogens with one attached hydrogen (secondary N) is 2. The van der Waals surface area contributed by atoms with Crippen LogP contribution in [0.3, 0.4) is 0 Å². The number of amides is 1. The number of H-pyrrole nitrogens is 1. The smallest absolute Gasteiger partial charge is 0.338 e. The highest BCUT2D eigenvalue weighted by Crippen LogP contribution is 2.32. The normalized spacial score (nSPS) is 15.8. The molecular formula is C24H26N2O3. The van der Waals surface area contributed by atoms with Gasteiger partial charge in [0.05, 0.1) is 5.56 Å². The standard InChI is InChI=1S/C24H26N2O3/c1-14-7-9-20-18(11-14)19-12-17(8-10-21(19)25-20)24(28)29-13-22(27)26-23-15(2)5-4-6-16(23)3/h4-6,8,10,12,14,25H,7,9,11,13H2,1-3H3,(H,26,27)/t14-/m0/s1. The molecule has 0 aliphatic heterocycles. The van der Waals surface area contributed by atoms with Crippen LogP contribution >= 0.6 is 0 Å². The SMILES string of the molecule is Cc1cccc(C)c1NC(=O)COC(=O)c1ccc2[nH]c3c(c2c1)C[C@@H](C)CC3. The number of aromatic nitrogens is 1. The lowest BCUT2D eigenvalue weighted by Crippen LogP contribution is -2.21. The first-order chi connectivity index (χ1) is 13.9. The minimum atomic E-state index is -0.484. The Kier molecular flexibility index (Phi) is 5.14. The second-order valence-corrected chi connectivity index (χ2v) is 8.08. The Labute approximate surface area is 170 Å². The number of rotatable bonds is 4. The maximum Gasteiger partial charge on any atom is 0.338 e. The van der Waals surface area contributed by atoms with E-state index in [1.54, 1.807) is 6.07 Å². The van der Waals surface area contributed by atoms with E-state index in [-0.39, 0.29) is 12.5 Å². The summed E-state index contributed by atoms with van der Waals surface area (Å²) in [5, 5.41) is 3.92. The van der Waals surface area contributed by atoms with Gasteiger partial charge in [-0.3, -0.25) is 4.79 Å². The van der Waals surface area contributed by atoms with Crippen LogP contribution in [0.15, 0.2) is 36.4 Å². The highest BCUT2D eigenvalue weighted by Gasteiger charge is 2.21. The summed E-state index contributed by atoms with van der Waals surface area (Å²) in [7, 11) is 0. The summed E-state index contributed by atoms with van der Waals surface area (Å²) in [6, 6.07) is 11.4. The topological polar surface area (TPSA) is 71.2 Å². The summed E-state index contributed by atoms with van der Waals surface area (Å²) in [4.78, 5) is 28.3. The Morgan fingerprint density at radius 3 is 2.69 bits per heavy atom. The Bertz CT molecular complexity index is 1080. The molecular weight excluding hydrogens is 364 g/mol. The Morgan fingerprint density at radius 1 is 1.17 bits per heavy atom. The van der Waals surface area contributed by atoms with Crippen LogP contribution in [0.1, 0.15) is 46.1 Å². The number of para-hydroxylation sites is 1. The number of ether oxygens (including phenoxy) is 1. The molecule has 3 aromatic rings. The highest BCUT2D eigenvalue weighted by molar-refractivity contribution is 5.99. The number of hydrogen-bond acceptors (Lipinski definition) is 3. The molecule has 1 atom stereocenters. The van der Waals surface area contributed by atoms with Gasteiger partial charge in [0.25, 0.3) is 5.91 Å². The van der Waals surface area contributed by atoms with Gasteiger partial charge < -0.3 is 15.0 Å². The number of fused-ring (bicyclic) bond motifs is 3. The van der Waals surface area contributed by atoms with Crippen molar-refractivity contribution < 1.29 is 14.3 Å². The molecule has 2 aromatic carbocycles. The third kappa shape index (κ3) is 3.90. The van der Waals surface area contributed by atoms with Gasteiger partial charge >= 0.3 is 5.97 Å². The minimum Gasteiger partial charge on any atom is -0.452 e. The van der Waals surface area contributed by atoms with Gasteiger partial charge in [0.15, 0.2) is 6.61 Å². The molecule has 0 saturated carbocycles. The minimum absolute atomic E-state index is 0.313. The molecule has 150 valence electrons. The summed E-state index contributed by atoms with van der Waals surface area (Å²) in [6.45, 7) is 5.81. The van der Waals surface area contributed by atoms with E-state index in [1.165, 1.54) is 17.7 Å². The van der Waals surface area contributed by atoms with E-state index >= 15 is 0 Å². The second kappa shape index (κ2) is 7.74. The van der Waals surface area contributed by atoms with E-state index < -0.39 is 5.97 Å². The van der Waals surface area contributed by atoms with Crippen LogP contribution in [0.4, 0.5) is 5.69 Å². The quantitative estimate of drug-likeness (QED) is 0.634. The van der Waals surface area contributed by atoms with Gasteiger partial charge in [0, 0.05) is 22.3 Å². The van der Waals surface area contributed by atoms with E-state index in [0.29, 0.717) is 11.5 Å². The van der Waals surface area contributed by atoms with E-state index in [9.17, 15) is 9.59 Å². The zero-order valence-corrected chi connectivity index (χ0v) is 17.1.